The molecule has 4 nitrogen and oxygen atoms in total. The molecule has 1 amide bonds. The maximum atomic E-state index is 12.8. The van der Waals surface area contributed by atoms with E-state index in [1.54, 1.807) is 12.1 Å². The van der Waals surface area contributed by atoms with Gasteiger partial charge in [0.25, 0.3) is 5.91 Å². The van der Waals surface area contributed by atoms with Gasteiger partial charge in [-0.25, -0.2) is 4.98 Å². The molecule has 1 aliphatic carbocycles. The summed E-state index contributed by atoms with van der Waals surface area (Å²) in [6.07, 6.45) is 6.65. The lowest BCUT2D eigenvalue weighted by molar-refractivity contribution is 0.0928. The van der Waals surface area contributed by atoms with Crippen molar-refractivity contribution in [3.8, 4) is 0 Å². The number of aromatic nitrogens is 1. The first-order valence-electron chi connectivity index (χ1n) is 9.36. The molecule has 0 atom stereocenters. The van der Waals surface area contributed by atoms with Crippen molar-refractivity contribution in [2.45, 2.75) is 44.6 Å². The Kier molecular flexibility index (Phi) is 6.51. The van der Waals surface area contributed by atoms with Crippen molar-refractivity contribution in [3.63, 3.8) is 0 Å². The Hall–Kier alpha value is -2.07. The number of anilines is 1. The largest absolute Gasteiger partial charge is 0.359 e. The van der Waals surface area contributed by atoms with Crippen molar-refractivity contribution in [2.24, 2.45) is 0 Å². The van der Waals surface area contributed by atoms with Crippen LogP contribution >= 0.6 is 11.6 Å². The number of nitrogens with zero attached hydrogens (tertiary/aromatic N) is 2. The molecule has 26 heavy (non-hydrogen) atoms. The molecule has 1 aliphatic rings. The highest BCUT2D eigenvalue weighted by Crippen LogP contribution is 2.22. The Bertz CT molecular complexity index is 729. The Balaban J connectivity index is 1.71. The van der Waals surface area contributed by atoms with E-state index in [1.807, 2.05) is 30.1 Å². The van der Waals surface area contributed by atoms with E-state index in [4.69, 9.17) is 11.6 Å². The molecule has 0 bridgehead atoms. The van der Waals surface area contributed by atoms with Crippen LogP contribution in [0.3, 0.4) is 0 Å². The zero-order chi connectivity index (χ0) is 18.4. The fourth-order valence-electron chi connectivity index (χ4n) is 3.45. The van der Waals surface area contributed by atoms with Gasteiger partial charge >= 0.3 is 0 Å². The molecule has 0 aliphatic heterocycles. The quantitative estimate of drug-likeness (QED) is 0.761. The molecule has 138 valence electrons. The monoisotopic (exact) mass is 371 g/mol. The topological polar surface area (TPSA) is 45.2 Å². The number of amides is 1. The number of benzene rings is 1. The van der Waals surface area contributed by atoms with Gasteiger partial charge in [-0.15, -0.1) is 0 Å². The van der Waals surface area contributed by atoms with E-state index in [0.717, 1.165) is 25.8 Å². The summed E-state index contributed by atoms with van der Waals surface area (Å²) in [4.78, 5) is 19.2. The maximum absolute atomic E-state index is 12.8. The summed E-state index contributed by atoms with van der Waals surface area (Å²) >= 11 is 6.11. The molecule has 2 aromatic rings. The predicted molar refractivity (Wildman–Crippen MR) is 107 cm³/mol. The van der Waals surface area contributed by atoms with Crippen LogP contribution < -0.4 is 10.2 Å². The number of carbonyl (C=O) groups is 1. The highest BCUT2D eigenvalue weighted by molar-refractivity contribution is 6.29. The number of nitrogens with one attached hydrogen (secondary N) is 1. The third-order valence-electron chi connectivity index (χ3n) is 4.97. The Morgan fingerprint density at radius 2 is 1.88 bits per heavy atom. The van der Waals surface area contributed by atoms with Gasteiger partial charge in [-0.2, -0.15) is 0 Å². The van der Waals surface area contributed by atoms with Crippen molar-refractivity contribution in [1.82, 2.24) is 10.3 Å². The summed E-state index contributed by atoms with van der Waals surface area (Å²) in [6, 6.07) is 14.0. The van der Waals surface area contributed by atoms with E-state index in [2.05, 4.69) is 22.4 Å². The summed E-state index contributed by atoms with van der Waals surface area (Å²) < 4.78 is 0. The number of hydrogen-bond donors (Lipinski definition) is 1. The fraction of sp³-hybridized carbons (Fsp3) is 0.429. The Morgan fingerprint density at radius 1 is 1.15 bits per heavy atom. The first-order valence-corrected chi connectivity index (χ1v) is 9.74. The van der Waals surface area contributed by atoms with Gasteiger partial charge in [-0.3, -0.25) is 4.79 Å². The van der Waals surface area contributed by atoms with Crippen LogP contribution in [0.15, 0.2) is 42.5 Å². The number of pyridine rings is 1. The average molecular weight is 372 g/mol. The highest BCUT2D eigenvalue weighted by Gasteiger charge is 2.21. The molecule has 1 saturated carbocycles. The molecule has 1 heterocycles. The zero-order valence-electron chi connectivity index (χ0n) is 15.2. The number of halogens is 1. The lowest BCUT2D eigenvalue weighted by atomic mass is 9.95. The summed E-state index contributed by atoms with van der Waals surface area (Å²) in [5.41, 5.74) is 1.85. The van der Waals surface area contributed by atoms with E-state index in [-0.39, 0.29) is 11.9 Å². The van der Waals surface area contributed by atoms with Gasteiger partial charge in [-0.05, 0) is 37.0 Å². The average Bonchev–Trinajstić information content (AvgIpc) is 2.67. The van der Waals surface area contributed by atoms with Crippen LogP contribution in [-0.2, 0) is 6.42 Å². The molecule has 0 spiro atoms. The van der Waals surface area contributed by atoms with E-state index in [0.29, 0.717) is 16.5 Å². The minimum atomic E-state index is -0.0531. The predicted octanol–water partition coefficient (Wildman–Crippen LogP) is 4.48. The molecule has 1 fully saturated rings. The van der Waals surface area contributed by atoms with E-state index < -0.39 is 0 Å². The number of likely N-dealkylation sites (N-methyl/N-ethyl adjacent to an activating group) is 1. The first kappa shape index (κ1) is 18.7. The zero-order valence-corrected chi connectivity index (χ0v) is 16.0. The molecule has 5 heteroatoms. The van der Waals surface area contributed by atoms with Gasteiger partial charge in [0.2, 0.25) is 0 Å². The third-order valence-corrected chi connectivity index (χ3v) is 5.18. The van der Waals surface area contributed by atoms with Gasteiger partial charge in [-0.1, -0.05) is 61.2 Å². The van der Waals surface area contributed by atoms with E-state index >= 15 is 0 Å². The number of hydrogen-bond acceptors (Lipinski definition) is 3. The van der Waals surface area contributed by atoms with E-state index in [1.165, 1.54) is 24.8 Å². The first-order chi connectivity index (χ1) is 12.6. The minimum Gasteiger partial charge on any atom is -0.359 e. The molecular weight excluding hydrogens is 346 g/mol. The summed E-state index contributed by atoms with van der Waals surface area (Å²) in [6.45, 7) is 0.765. The normalized spacial score (nSPS) is 14.8. The van der Waals surface area contributed by atoms with Crippen LogP contribution in [0.2, 0.25) is 5.15 Å². The number of rotatable bonds is 6. The van der Waals surface area contributed by atoms with Crippen molar-refractivity contribution in [1.29, 1.82) is 0 Å². The van der Waals surface area contributed by atoms with Crippen LogP contribution in [0.1, 0.15) is 48.0 Å². The Morgan fingerprint density at radius 3 is 2.62 bits per heavy atom. The van der Waals surface area contributed by atoms with Gasteiger partial charge in [0.15, 0.2) is 0 Å². The SMILES string of the molecule is CN(CCc1ccccc1)c1nc(Cl)ccc1C(=O)NC1CCCCC1. The summed E-state index contributed by atoms with van der Waals surface area (Å²) in [5, 5.41) is 3.58. The van der Waals surface area contributed by atoms with E-state index in [9.17, 15) is 4.79 Å². The number of carbonyl (C=O) groups excluding carboxylic acids is 1. The standard InChI is InChI=1S/C21H26ClN3O/c1-25(15-14-16-8-4-2-5-9-16)20-18(12-13-19(22)24-20)21(26)23-17-10-6-3-7-11-17/h2,4-5,8-9,12-13,17H,3,6-7,10-11,14-15H2,1H3,(H,23,26). The lowest BCUT2D eigenvalue weighted by Gasteiger charge is -2.25. The molecule has 1 aromatic carbocycles. The lowest BCUT2D eigenvalue weighted by Crippen LogP contribution is -2.37. The maximum Gasteiger partial charge on any atom is 0.255 e. The van der Waals surface area contributed by atoms with Crippen LogP contribution in [0.4, 0.5) is 5.82 Å². The molecular formula is C21H26ClN3O. The second-order valence-corrected chi connectivity index (χ2v) is 7.36. The van der Waals surface area contributed by atoms with Gasteiger partial charge in [0.1, 0.15) is 11.0 Å². The molecule has 1 N–H and O–H groups in total. The second kappa shape index (κ2) is 9.04. The molecule has 0 unspecified atom stereocenters. The van der Waals surface area contributed by atoms with Crippen molar-refractivity contribution in [3.05, 3.63) is 58.7 Å². The third kappa shape index (κ3) is 4.98. The van der Waals surface area contributed by atoms with Crippen LogP contribution in [0.25, 0.3) is 0 Å². The van der Waals surface area contributed by atoms with Crippen molar-refractivity contribution < 1.29 is 4.79 Å². The molecule has 1 aromatic heterocycles. The smallest absolute Gasteiger partial charge is 0.255 e. The molecule has 0 saturated heterocycles. The van der Waals surface area contributed by atoms with Crippen molar-refractivity contribution >= 4 is 23.3 Å². The van der Waals surface area contributed by atoms with Crippen LogP contribution in [0, 0.1) is 0 Å². The highest BCUT2D eigenvalue weighted by atomic mass is 35.5. The van der Waals surface area contributed by atoms with Gasteiger partial charge in [0, 0.05) is 19.6 Å². The fourth-order valence-corrected chi connectivity index (χ4v) is 3.59. The van der Waals surface area contributed by atoms with Gasteiger partial charge in [0.05, 0.1) is 5.56 Å². The Labute approximate surface area is 160 Å². The molecule has 0 radical (unpaired) electrons. The minimum absolute atomic E-state index is 0.0531. The molecule has 3 rings (SSSR count). The van der Waals surface area contributed by atoms with Crippen LogP contribution in [-0.4, -0.2) is 30.5 Å². The summed E-state index contributed by atoms with van der Waals surface area (Å²) in [7, 11) is 1.96. The second-order valence-electron chi connectivity index (χ2n) is 6.97. The van der Waals surface area contributed by atoms with Crippen LogP contribution in [0.5, 0.6) is 0 Å². The van der Waals surface area contributed by atoms with Gasteiger partial charge < -0.3 is 10.2 Å². The summed E-state index contributed by atoms with van der Waals surface area (Å²) in [5.74, 6) is 0.587. The van der Waals surface area contributed by atoms with Crippen molar-refractivity contribution in [2.75, 3.05) is 18.5 Å².